The van der Waals surface area contributed by atoms with Gasteiger partial charge in [-0.3, -0.25) is 4.79 Å². The predicted molar refractivity (Wildman–Crippen MR) is 112 cm³/mol. The summed E-state index contributed by atoms with van der Waals surface area (Å²) in [5.74, 6) is 1.72. The van der Waals surface area contributed by atoms with Gasteiger partial charge in [0.25, 0.3) is 11.8 Å². The van der Waals surface area contributed by atoms with Gasteiger partial charge in [-0.25, -0.2) is 0 Å². The van der Waals surface area contributed by atoms with Crippen molar-refractivity contribution in [3.63, 3.8) is 0 Å². The molecule has 1 N–H and O–H groups in total. The van der Waals surface area contributed by atoms with Crippen LogP contribution in [0.25, 0.3) is 22.8 Å². The molecule has 0 bridgehead atoms. The number of methoxy groups -OCH3 is 1. The Morgan fingerprint density at radius 2 is 1.70 bits per heavy atom. The number of ether oxygens (including phenoxy) is 2. The molecule has 0 saturated heterocycles. The van der Waals surface area contributed by atoms with Crippen LogP contribution in [0.1, 0.15) is 0 Å². The van der Waals surface area contributed by atoms with E-state index in [2.05, 4.69) is 15.5 Å². The quantitative estimate of drug-likeness (QED) is 0.493. The molecule has 1 amide bonds. The number of carbonyl (C=O) groups is 1. The van der Waals surface area contributed by atoms with Crippen LogP contribution in [-0.4, -0.2) is 29.8 Å². The van der Waals surface area contributed by atoms with Crippen LogP contribution >= 0.6 is 0 Å². The molecule has 0 fully saturated rings. The van der Waals surface area contributed by atoms with Crippen LogP contribution in [-0.2, 0) is 4.79 Å². The standard InChI is InChI=1S/C23H19N3O4/c1-28-18-13-11-16(12-14-18)23-25-22(26-30-23)19-9-5-6-10-20(19)29-15-21(27)24-17-7-3-2-4-8-17/h2-14H,15H2,1H3,(H,24,27). The molecule has 0 aliphatic carbocycles. The van der Waals surface area contributed by atoms with E-state index in [-0.39, 0.29) is 12.5 Å². The van der Waals surface area contributed by atoms with Gasteiger partial charge in [-0.05, 0) is 48.5 Å². The number of para-hydroxylation sites is 2. The number of amides is 1. The first kappa shape index (κ1) is 19.2. The van der Waals surface area contributed by atoms with Crippen molar-refractivity contribution in [2.75, 3.05) is 19.0 Å². The zero-order valence-electron chi connectivity index (χ0n) is 16.2. The van der Waals surface area contributed by atoms with Gasteiger partial charge in [0.1, 0.15) is 11.5 Å². The summed E-state index contributed by atoms with van der Waals surface area (Å²) < 4.78 is 16.3. The normalized spacial score (nSPS) is 10.4. The van der Waals surface area contributed by atoms with Crippen molar-refractivity contribution >= 4 is 11.6 Å². The lowest BCUT2D eigenvalue weighted by Gasteiger charge is -2.09. The fourth-order valence-corrected chi connectivity index (χ4v) is 2.82. The monoisotopic (exact) mass is 401 g/mol. The number of nitrogens with one attached hydrogen (secondary N) is 1. The number of aromatic nitrogens is 2. The lowest BCUT2D eigenvalue weighted by molar-refractivity contribution is -0.118. The van der Waals surface area contributed by atoms with E-state index in [1.165, 1.54) is 0 Å². The fraction of sp³-hybridized carbons (Fsp3) is 0.0870. The molecule has 1 aromatic heterocycles. The Kier molecular flexibility index (Phi) is 5.70. The van der Waals surface area contributed by atoms with Crippen molar-refractivity contribution in [2.24, 2.45) is 0 Å². The number of nitrogens with zero attached hydrogens (tertiary/aromatic N) is 2. The molecule has 0 saturated carbocycles. The van der Waals surface area contributed by atoms with Crippen molar-refractivity contribution in [1.29, 1.82) is 0 Å². The molecule has 1 heterocycles. The first-order valence-electron chi connectivity index (χ1n) is 9.28. The molecule has 0 radical (unpaired) electrons. The number of anilines is 1. The predicted octanol–water partition coefficient (Wildman–Crippen LogP) is 4.43. The molecular formula is C23H19N3O4. The van der Waals surface area contributed by atoms with Crippen molar-refractivity contribution in [1.82, 2.24) is 10.1 Å². The minimum atomic E-state index is -0.261. The molecule has 3 aromatic carbocycles. The number of hydrogen-bond acceptors (Lipinski definition) is 6. The van der Waals surface area contributed by atoms with Crippen LogP contribution in [0.3, 0.4) is 0 Å². The summed E-state index contributed by atoms with van der Waals surface area (Å²) in [7, 11) is 1.61. The Hall–Kier alpha value is -4.13. The van der Waals surface area contributed by atoms with Gasteiger partial charge in [-0.1, -0.05) is 35.5 Å². The van der Waals surface area contributed by atoms with Gasteiger partial charge >= 0.3 is 0 Å². The second kappa shape index (κ2) is 8.91. The Labute approximate surface area is 173 Å². The van der Waals surface area contributed by atoms with E-state index < -0.39 is 0 Å². The van der Waals surface area contributed by atoms with E-state index in [0.29, 0.717) is 28.7 Å². The van der Waals surface area contributed by atoms with E-state index in [9.17, 15) is 4.79 Å². The molecule has 0 unspecified atom stereocenters. The zero-order chi connectivity index (χ0) is 20.8. The SMILES string of the molecule is COc1ccc(-c2nc(-c3ccccc3OCC(=O)Nc3ccccc3)no2)cc1. The first-order valence-corrected chi connectivity index (χ1v) is 9.28. The van der Waals surface area contributed by atoms with Crippen LogP contribution < -0.4 is 14.8 Å². The minimum absolute atomic E-state index is 0.144. The summed E-state index contributed by atoms with van der Waals surface area (Å²) in [5, 5.41) is 6.85. The number of hydrogen-bond donors (Lipinski definition) is 1. The first-order chi connectivity index (χ1) is 14.7. The Balaban J connectivity index is 1.48. The van der Waals surface area contributed by atoms with Gasteiger partial charge in [-0.2, -0.15) is 4.98 Å². The molecular weight excluding hydrogens is 382 g/mol. The van der Waals surface area contributed by atoms with Gasteiger partial charge in [0, 0.05) is 11.3 Å². The smallest absolute Gasteiger partial charge is 0.262 e. The van der Waals surface area contributed by atoms with E-state index >= 15 is 0 Å². The van der Waals surface area contributed by atoms with Crippen LogP contribution in [0.4, 0.5) is 5.69 Å². The maximum atomic E-state index is 12.2. The van der Waals surface area contributed by atoms with Crippen LogP contribution in [0.2, 0.25) is 0 Å². The van der Waals surface area contributed by atoms with Crippen LogP contribution in [0.5, 0.6) is 11.5 Å². The molecule has 150 valence electrons. The minimum Gasteiger partial charge on any atom is -0.497 e. The highest BCUT2D eigenvalue weighted by atomic mass is 16.5. The molecule has 7 nitrogen and oxygen atoms in total. The summed E-state index contributed by atoms with van der Waals surface area (Å²) in [5.41, 5.74) is 2.12. The Morgan fingerprint density at radius 3 is 2.47 bits per heavy atom. The average Bonchev–Trinajstić information content (AvgIpc) is 3.29. The second-order valence-electron chi connectivity index (χ2n) is 6.35. The highest BCUT2D eigenvalue weighted by Crippen LogP contribution is 2.30. The summed E-state index contributed by atoms with van der Waals surface area (Å²) in [6, 6.07) is 23.8. The van der Waals surface area contributed by atoms with Crippen molar-refractivity contribution in [2.45, 2.75) is 0 Å². The molecule has 30 heavy (non-hydrogen) atoms. The van der Waals surface area contributed by atoms with Crippen molar-refractivity contribution in [3.05, 3.63) is 78.9 Å². The van der Waals surface area contributed by atoms with Gasteiger partial charge in [-0.15, -0.1) is 0 Å². The molecule has 0 atom stereocenters. The molecule has 0 spiro atoms. The number of carbonyl (C=O) groups excluding carboxylic acids is 1. The number of rotatable bonds is 7. The average molecular weight is 401 g/mol. The third kappa shape index (κ3) is 4.47. The van der Waals surface area contributed by atoms with E-state index in [1.807, 2.05) is 72.8 Å². The maximum Gasteiger partial charge on any atom is 0.262 e. The summed E-state index contributed by atoms with van der Waals surface area (Å²) in [6.45, 7) is -0.144. The summed E-state index contributed by atoms with van der Waals surface area (Å²) >= 11 is 0. The maximum absolute atomic E-state index is 12.2. The molecule has 4 aromatic rings. The summed E-state index contributed by atoms with van der Waals surface area (Å²) in [6.07, 6.45) is 0. The lowest BCUT2D eigenvalue weighted by Crippen LogP contribution is -2.20. The highest BCUT2D eigenvalue weighted by molar-refractivity contribution is 5.91. The molecule has 0 aliphatic heterocycles. The molecule has 7 heteroatoms. The van der Waals surface area contributed by atoms with Crippen molar-refractivity contribution in [3.8, 4) is 34.3 Å². The fourth-order valence-electron chi connectivity index (χ4n) is 2.82. The highest BCUT2D eigenvalue weighted by Gasteiger charge is 2.15. The lowest BCUT2D eigenvalue weighted by atomic mass is 10.2. The Bertz CT molecular complexity index is 1120. The van der Waals surface area contributed by atoms with Gasteiger partial charge in [0.15, 0.2) is 6.61 Å². The van der Waals surface area contributed by atoms with Crippen LogP contribution in [0, 0.1) is 0 Å². The number of benzene rings is 3. The van der Waals surface area contributed by atoms with Gasteiger partial charge in [0.05, 0.1) is 12.7 Å². The van der Waals surface area contributed by atoms with E-state index in [0.717, 1.165) is 11.3 Å². The third-order valence-electron chi connectivity index (χ3n) is 4.31. The van der Waals surface area contributed by atoms with Gasteiger partial charge in [0.2, 0.25) is 5.82 Å². The third-order valence-corrected chi connectivity index (χ3v) is 4.31. The van der Waals surface area contributed by atoms with Crippen LogP contribution in [0.15, 0.2) is 83.4 Å². The molecule has 4 rings (SSSR count). The van der Waals surface area contributed by atoms with E-state index in [4.69, 9.17) is 14.0 Å². The van der Waals surface area contributed by atoms with Gasteiger partial charge < -0.3 is 19.3 Å². The Morgan fingerprint density at radius 1 is 0.967 bits per heavy atom. The molecule has 0 aliphatic rings. The topological polar surface area (TPSA) is 86.5 Å². The zero-order valence-corrected chi connectivity index (χ0v) is 16.2. The van der Waals surface area contributed by atoms with E-state index in [1.54, 1.807) is 13.2 Å². The largest absolute Gasteiger partial charge is 0.497 e. The summed E-state index contributed by atoms with van der Waals surface area (Å²) in [4.78, 5) is 16.6. The second-order valence-corrected chi connectivity index (χ2v) is 6.35. The van der Waals surface area contributed by atoms with Crippen molar-refractivity contribution < 1.29 is 18.8 Å².